The molecule has 8 aromatic rings. The predicted molar refractivity (Wildman–Crippen MR) is 397 cm³/mol. The molecule has 528 valence electrons. The van der Waals surface area contributed by atoms with Gasteiger partial charge in [-0.1, -0.05) is 59.7 Å². The monoisotopic (exact) mass is 1380 g/mol. The summed E-state index contributed by atoms with van der Waals surface area (Å²) in [4.78, 5) is 13.2. The van der Waals surface area contributed by atoms with Crippen LogP contribution in [0.4, 0.5) is 0 Å². The number of benzene rings is 8. The normalized spacial score (nSPS) is 18.1. The highest BCUT2D eigenvalue weighted by Crippen LogP contribution is 2.49. The molecule has 0 aromatic heterocycles. The molecule has 0 amide bonds. The topological polar surface area (TPSA) is 233 Å². The third-order valence-electron chi connectivity index (χ3n) is 18.9. The number of hydrogen-bond acceptors (Lipinski definition) is 16. The molecule has 0 saturated carbocycles. The Morgan fingerprint density at radius 1 is 0.500 bits per heavy atom. The lowest BCUT2D eigenvalue weighted by atomic mass is 9.86. The van der Waals surface area contributed by atoms with Crippen LogP contribution < -0.4 is 37.9 Å². The van der Waals surface area contributed by atoms with Gasteiger partial charge in [0.15, 0.2) is 5.78 Å². The fraction of sp³-hybridized carbons (Fsp3) is 0.291. The number of methoxy groups -OCH3 is 1. The van der Waals surface area contributed by atoms with Gasteiger partial charge in [0.25, 0.3) is 0 Å². The smallest absolute Gasteiger partial charge is 0.177 e. The molecule has 15 rings (SSSR count). The first-order valence-corrected chi connectivity index (χ1v) is 34.3. The minimum atomic E-state index is -0.436. The van der Waals surface area contributed by atoms with Crippen molar-refractivity contribution in [2.24, 2.45) is 0 Å². The van der Waals surface area contributed by atoms with Crippen molar-refractivity contribution in [2.45, 2.75) is 129 Å². The van der Waals surface area contributed by atoms with Crippen molar-refractivity contribution >= 4 is 35.7 Å². The number of carbonyl (C=O) groups excluding carboxylic acids is 1. The fourth-order valence-electron chi connectivity index (χ4n) is 13.4. The number of Topliss-reactive ketones (excluding diaryl/α,β-unsaturated/α-hetero) is 1. The third kappa shape index (κ3) is 15.6. The maximum Gasteiger partial charge on any atom is 0.177 e. The number of rotatable bonds is 9. The maximum absolute atomic E-state index is 13.2. The largest absolute Gasteiger partial charge is 0.508 e. The number of ether oxygens (including phenoxy) is 8. The summed E-state index contributed by atoms with van der Waals surface area (Å²) in [6, 6.07) is 35.5. The lowest BCUT2D eigenvalue weighted by molar-refractivity contribution is 0.0894. The van der Waals surface area contributed by atoms with E-state index in [9.17, 15) is 40.5 Å². The highest BCUT2D eigenvalue weighted by Gasteiger charge is 2.35. The Kier molecular flexibility index (Phi) is 20.0. The lowest BCUT2D eigenvalue weighted by Crippen LogP contribution is -2.28. The maximum atomic E-state index is 13.2. The molecule has 0 fully saturated rings. The van der Waals surface area contributed by atoms with Crippen molar-refractivity contribution in [1.82, 2.24) is 0 Å². The summed E-state index contributed by atoms with van der Waals surface area (Å²) in [6.45, 7) is 21.6. The second-order valence-corrected chi connectivity index (χ2v) is 28.7. The highest BCUT2D eigenvalue weighted by atomic mass is 16.5. The van der Waals surface area contributed by atoms with E-state index in [-0.39, 0.29) is 81.3 Å². The van der Waals surface area contributed by atoms with E-state index in [1.807, 2.05) is 154 Å². The van der Waals surface area contributed by atoms with Crippen LogP contribution in [0.3, 0.4) is 0 Å². The molecular weight excluding hydrogens is 1290 g/mol. The first kappa shape index (κ1) is 70.7. The first-order chi connectivity index (χ1) is 48.6. The van der Waals surface area contributed by atoms with Crippen molar-refractivity contribution in [3.8, 4) is 86.2 Å². The number of ketones is 1. The van der Waals surface area contributed by atoms with Gasteiger partial charge >= 0.3 is 0 Å². The summed E-state index contributed by atoms with van der Waals surface area (Å²) < 4.78 is 46.9. The van der Waals surface area contributed by atoms with E-state index in [1.54, 1.807) is 67.8 Å². The number of phenols is 7. The number of aromatic hydroxyl groups is 7. The van der Waals surface area contributed by atoms with Crippen LogP contribution in [0, 0.1) is 0 Å². The quantitative estimate of drug-likeness (QED) is 0.0666. The summed E-state index contributed by atoms with van der Waals surface area (Å²) >= 11 is 0. The van der Waals surface area contributed by atoms with E-state index in [1.165, 1.54) is 11.6 Å². The van der Waals surface area contributed by atoms with Crippen molar-refractivity contribution in [2.75, 3.05) is 33.5 Å². The van der Waals surface area contributed by atoms with Gasteiger partial charge < -0.3 is 73.6 Å². The van der Waals surface area contributed by atoms with Crippen molar-refractivity contribution in [3.63, 3.8) is 0 Å². The standard InChI is InChI=1S/C25H28O4.C21H22O4.C20H20O4.C20H18O4/c1-15(2)5-7-18-13-17(8-11-22(18)26)21-14-29-25-19(9-6-16(3)4)23(27)12-10-20(25)24(21)28;1-21(2)9-8-17-19(25-21)7-4-13-10-14(12-24-20(13)17)16-6-5-15(23-3)11-18(16)22;1-20(2)8-7-16-18(24-20)6-3-12-9-13(11-23-19(12)16)15-5-4-14(21)10-17(15)22;1-20(2)8-7-16-17(24-20)6-5-15(19(16)22)13-9-12-3-4-14(21)10-18(12)23-11-13/h5-6,8,10-13,21,26-27H,7,9,14H2,1-4H3;4-9,11,14,22H,10,12H2,1-3H3;3-8,10,13,21-22H,9,11H2,1-2H3;3-10,21-22H,11H2,1-2H3/t21-;;;/m1.../s1. The Labute approximate surface area is 595 Å². The summed E-state index contributed by atoms with van der Waals surface area (Å²) in [5.74, 6) is 6.76. The van der Waals surface area contributed by atoms with Gasteiger partial charge in [0.2, 0.25) is 0 Å². The summed E-state index contributed by atoms with van der Waals surface area (Å²) in [7, 11) is 1.59. The van der Waals surface area contributed by atoms with E-state index in [0.29, 0.717) is 72.4 Å². The molecule has 0 bridgehead atoms. The molecule has 7 heterocycles. The van der Waals surface area contributed by atoms with E-state index in [0.717, 1.165) is 103 Å². The predicted octanol–water partition coefficient (Wildman–Crippen LogP) is 18.0. The van der Waals surface area contributed by atoms with Crippen LogP contribution in [0.2, 0.25) is 0 Å². The van der Waals surface area contributed by atoms with Gasteiger partial charge in [-0.05, 0) is 226 Å². The second kappa shape index (κ2) is 28.8. The van der Waals surface area contributed by atoms with Gasteiger partial charge in [0.1, 0.15) is 116 Å². The van der Waals surface area contributed by atoms with Crippen LogP contribution in [0.15, 0.2) is 163 Å². The zero-order valence-corrected chi connectivity index (χ0v) is 59.4. The average molecular weight is 1380 g/mol. The van der Waals surface area contributed by atoms with E-state index in [4.69, 9.17) is 37.9 Å². The molecule has 2 unspecified atom stereocenters. The Hall–Kier alpha value is -11.1. The molecule has 0 spiro atoms. The van der Waals surface area contributed by atoms with Crippen LogP contribution in [-0.4, -0.2) is 91.9 Å². The molecule has 16 heteroatoms. The van der Waals surface area contributed by atoms with Gasteiger partial charge in [-0.15, -0.1) is 0 Å². The van der Waals surface area contributed by atoms with Crippen molar-refractivity contribution < 1.29 is 78.4 Å². The minimum absolute atomic E-state index is 0.0245. The second-order valence-electron chi connectivity index (χ2n) is 28.7. The molecule has 8 aromatic carbocycles. The Morgan fingerprint density at radius 2 is 1.02 bits per heavy atom. The van der Waals surface area contributed by atoms with Crippen LogP contribution in [0.25, 0.3) is 29.9 Å². The van der Waals surface area contributed by atoms with E-state index >= 15 is 0 Å². The Morgan fingerprint density at radius 3 is 1.61 bits per heavy atom. The van der Waals surface area contributed by atoms with Gasteiger partial charge in [-0.25, -0.2) is 0 Å². The van der Waals surface area contributed by atoms with Gasteiger partial charge in [0.05, 0.1) is 48.5 Å². The summed E-state index contributed by atoms with van der Waals surface area (Å²) in [6.07, 6.45) is 20.8. The van der Waals surface area contributed by atoms with Crippen LogP contribution in [0.1, 0.15) is 164 Å². The number of hydrogen-bond donors (Lipinski definition) is 7. The zero-order chi connectivity index (χ0) is 72.5. The van der Waals surface area contributed by atoms with E-state index in [2.05, 4.69) is 24.3 Å². The third-order valence-corrected chi connectivity index (χ3v) is 18.9. The highest BCUT2D eigenvalue weighted by molar-refractivity contribution is 6.05. The minimum Gasteiger partial charge on any atom is -0.508 e. The Bertz CT molecular complexity index is 4760. The number of fused-ring (bicyclic) bond motifs is 9. The molecule has 7 aliphatic heterocycles. The van der Waals surface area contributed by atoms with Crippen LogP contribution in [0.5, 0.6) is 86.2 Å². The molecule has 102 heavy (non-hydrogen) atoms. The van der Waals surface area contributed by atoms with Crippen LogP contribution in [-0.2, 0) is 25.7 Å². The van der Waals surface area contributed by atoms with Gasteiger partial charge in [-0.3, -0.25) is 4.79 Å². The fourth-order valence-corrected chi connectivity index (χ4v) is 13.4. The molecule has 0 radical (unpaired) electrons. The molecule has 16 nitrogen and oxygen atoms in total. The molecule has 0 saturated heterocycles. The van der Waals surface area contributed by atoms with Crippen LogP contribution >= 0.6 is 0 Å². The SMILES string of the molecule is CC(C)=CCc1cc([C@H]2COc3c(ccc(O)c3CC=C(C)C)C2=O)ccc1O.CC1(C)C=Cc2c(ccc(C3=Cc4ccc(O)cc4OC3)c2O)O1.CC1(C)C=Cc2c(ccc3c2OCC(c2ccc(O)cc2O)C3)O1.COc1ccc(C2COc3c(ccc4c3C=CC(C)(C)O4)C2)c(O)c1. The molecular formula is C86H88O16. The molecule has 3 atom stereocenters. The Balaban J connectivity index is 0.000000129. The van der Waals surface area contributed by atoms with Gasteiger partial charge in [-0.2, -0.15) is 0 Å². The molecule has 0 aliphatic carbocycles. The lowest BCUT2D eigenvalue weighted by Gasteiger charge is -2.32. The number of carbonyl (C=O) groups is 1. The number of phenolic OH excluding ortho intramolecular Hbond substituents is 7. The molecule has 7 aliphatic rings. The zero-order valence-electron chi connectivity index (χ0n) is 59.4. The molecule has 7 N–H and O–H groups in total. The van der Waals surface area contributed by atoms with Crippen molar-refractivity contribution in [1.29, 1.82) is 0 Å². The number of allylic oxidation sites excluding steroid dienone is 4. The summed E-state index contributed by atoms with van der Waals surface area (Å²) in [5.41, 5.74) is 13.2. The van der Waals surface area contributed by atoms with E-state index < -0.39 is 5.92 Å². The summed E-state index contributed by atoms with van der Waals surface area (Å²) in [5, 5.41) is 70.5. The average Bonchev–Trinajstić information content (AvgIpc) is 0.793. The first-order valence-electron chi connectivity index (χ1n) is 34.3. The van der Waals surface area contributed by atoms with Gasteiger partial charge in [0, 0.05) is 63.4 Å². The van der Waals surface area contributed by atoms with Crippen molar-refractivity contribution in [3.05, 3.63) is 235 Å².